The normalized spacial score (nSPS) is 11.9. The zero-order chi connectivity index (χ0) is 12.0. The molecule has 0 amide bonds. The number of aromatic nitrogens is 1. The number of nitriles is 1. The van der Waals surface area contributed by atoms with Crippen molar-refractivity contribution in [2.45, 2.75) is 26.9 Å². The Morgan fingerprint density at radius 3 is 2.94 bits per heavy atom. The van der Waals surface area contributed by atoms with Gasteiger partial charge in [0.15, 0.2) is 0 Å². The summed E-state index contributed by atoms with van der Waals surface area (Å²) in [6, 6.07) is 5.61. The van der Waals surface area contributed by atoms with Gasteiger partial charge in [-0.3, -0.25) is 0 Å². The van der Waals surface area contributed by atoms with Crippen LogP contribution in [0.15, 0.2) is 12.1 Å². The van der Waals surface area contributed by atoms with Crippen LogP contribution in [0.2, 0.25) is 0 Å². The number of aryl methyl sites for hydroxylation is 1. The summed E-state index contributed by atoms with van der Waals surface area (Å²) in [5.74, 6) is 0.725. The van der Waals surface area contributed by atoms with Crippen molar-refractivity contribution >= 4 is 5.82 Å². The fraction of sp³-hybridized carbons (Fsp3) is 0.500. The van der Waals surface area contributed by atoms with E-state index in [9.17, 15) is 0 Å². The fourth-order valence-corrected chi connectivity index (χ4v) is 1.42. The molecule has 0 saturated carbocycles. The highest BCUT2D eigenvalue weighted by Gasteiger charge is 2.03. The minimum absolute atomic E-state index is 0.137. The lowest BCUT2D eigenvalue weighted by Crippen LogP contribution is -2.20. The number of hydrogen-bond acceptors (Lipinski definition) is 4. The molecule has 1 unspecified atom stereocenters. The molecule has 0 spiro atoms. The van der Waals surface area contributed by atoms with Crippen molar-refractivity contribution in [3.8, 4) is 6.07 Å². The molecule has 0 fully saturated rings. The first-order valence-corrected chi connectivity index (χ1v) is 5.40. The minimum Gasteiger partial charge on any atom is -0.377 e. The van der Waals surface area contributed by atoms with Gasteiger partial charge in [-0.1, -0.05) is 0 Å². The second-order valence-corrected chi connectivity index (χ2v) is 3.64. The summed E-state index contributed by atoms with van der Waals surface area (Å²) in [5, 5.41) is 12.0. The van der Waals surface area contributed by atoms with Gasteiger partial charge >= 0.3 is 0 Å². The molecule has 1 atom stereocenters. The van der Waals surface area contributed by atoms with E-state index in [0.29, 0.717) is 18.7 Å². The number of nitrogens with zero attached hydrogens (tertiary/aromatic N) is 2. The zero-order valence-corrected chi connectivity index (χ0v) is 9.95. The van der Waals surface area contributed by atoms with Crippen molar-refractivity contribution in [1.29, 1.82) is 5.26 Å². The van der Waals surface area contributed by atoms with E-state index in [2.05, 4.69) is 16.4 Å². The average molecular weight is 219 g/mol. The summed E-state index contributed by atoms with van der Waals surface area (Å²) in [6.45, 7) is 7.23. The molecule has 1 N–H and O–H groups in total. The molecule has 1 rings (SSSR count). The third-order valence-corrected chi connectivity index (χ3v) is 2.10. The Labute approximate surface area is 96.3 Å². The number of hydrogen-bond donors (Lipinski definition) is 1. The highest BCUT2D eigenvalue weighted by Crippen LogP contribution is 2.09. The van der Waals surface area contributed by atoms with E-state index in [4.69, 9.17) is 10.00 Å². The smallest absolute Gasteiger partial charge is 0.127 e. The van der Waals surface area contributed by atoms with Crippen LogP contribution in [0.25, 0.3) is 0 Å². The molecule has 0 aliphatic rings. The Balaban J connectivity index is 2.60. The van der Waals surface area contributed by atoms with Gasteiger partial charge in [-0.05, 0) is 32.9 Å². The molecule has 4 heteroatoms. The lowest BCUT2D eigenvalue weighted by molar-refractivity contribution is 0.0855. The van der Waals surface area contributed by atoms with Gasteiger partial charge in [-0.25, -0.2) is 4.98 Å². The van der Waals surface area contributed by atoms with Gasteiger partial charge in [0.2, 0.25) is 0 Å². The van der Waals surface area contributed by atoms with E-state index >= 15 is 0 Å². The second-order valence-electron chi connectivity index (χ2n) is 3.64. The van der Waals surface area contributed by atoms with Gasteiger partial charge in [-0.2, -0.15) is 5.26 Å². The van der Waals surface area contributed by atoms with E-state index in [-0.39, 0.29) is 6.10 Å². The number of nitrogens with one attached hydrogen (secondary N) is 1. The van der Waals surface area contributed by atoms with Crippen LogP contribution >= 0.6 is 0 Å². The van der Waals surface area contributed by atoms with Crippen LogP contribution in [0.1, 0.15) is 25.1 Å². The average Bonchev–Trinajstić information content (AvgIpc) is 2.26. The van der Waals surface area contributed by atoms with Crippen LogP contribution in [-0.4, -0.2) is 24.2 Å². The molecular formula is C12H17N3O. The molecule has 1 aromatic heterocycles. The third kappa shape index (κ3) is 3.87. The molecule has 0 bridgehead atoms. The van der Waals surface area contributed by atoms with Gasteiger partial charge < -0.3 is 10.1 Å². The summed E-state index contributed by atoms with van der Waals surface area (Å²) in [6.07, 6.45) is 0.137. The summed E-state index contributed by atoms with van der Waals surface area (Å²) >= 11 is 0. The topological polar surface area (TPSA) is 57.9 Å². The standard InChI is InChI=1S/C12H17N3O/c1-4-16-10(3)8-14-12-6-11(7-13)5-9(2)15-12/h5-6,10H,4,8H2,1-3H3,(H,14,15). The van der Waals surface area contributed by atoms with Crippen molar-refractivity contribution in [1.82, 2.24) is 4.98 Å². The van der Waals surface area contributed by atoms with Crippen LogP contribution in [0, 0.1) is 18.3 Å². The summed E-state index contributed by atoms with van der Waals surface area (Å²) in [7, 11) is 0. The quantitative estimate of drug-likeness (QED) is 0.824. The highest BCUT2D eigenvalue weighted by molar-refractivity contribution is 5.44. The van der Waals surface area contributed by atoms with Crippen molar-refractivity contribution in [2.24, 2.45) is 0 Å². The molecule has 1 aromatic rings. The first-order valence-electron chi connectivity index (χ1n) is 5.40. The molecule has 0 aromatic carbocycles. The van der Waals surface area contributed by atoms with E-state index in [1.54, 1.807) is 12.1 Å². The van der Waals surface area contributed by atoms with Crippen LogP contribution in [0.4, 0.5) is 5.82 Å². The maximum atomic E-state index is 8.82. The molecule has 0 aliphatic carbocycles. The van der Waals surface area contributed by atoms with Crippen molar-refractivity contribution in [3.63, 3.8) is 0 Å². The Bertz CT molecular complexity index is 384. The molecule has 0 saturated heterocycles. The van der Waals surface area contributed by atoms with Crippen LogP contribution in [-0.2, 0) is 4.74 Å². The molecule has 16 heavy (non-hydrogen) atoms. The van der Waals surface area contributed by atoms with Crippen LogP contribution in [0.5, 0.6) is 0 Å². The van der Waals surface area contributed by atoms with E-state index in [0.717, 1.165) is 11.5 Å². The fourth-order valence-electron chi connectivity index (χ4n) is 1.42. The van der Waals surface area contributed by atoms with Crippen molar-refractivity contribution < 1.29 is 4.74 Å². The van der Waals surface area contributed by atoms with Gasteiger partial charge in [0.05, 0.1) is 17.7 Å². The first kappa shape index (κ1) is 12.5. The maximum Gasteiger partial charge on any atom is 0.127 e. The summed E-state index contributed by atoms with van der Waals surface area (Å²) < 4.78 is 5.40. The molecule has 0 radical (unpaired) electrons. The second kappa shape index (κ2) is 6.09. The van der Waals surface area contributed by atoms with E-state index < -0.39 is 0 Å². The monoisotopic (exact) mass is 219 g/mol. The Hall–Kier alpha value is -1.60. The van der Waals surface area contributed by atoms with E-state index in [1.807, 2.05) is 20.8 Å². The summed E-state index contributed by atoms with van der Waals surface area (Å²) in [5.41, 5.74) is 1.46. The SMILES string of the molecule is CCOC(C)CNc1cc(C#N)cc(C)n1. The Kier molecular flexibility index (Phi) is 4.74. The van der Waals surface area contributed by atoms with Gasteiger partial charge in [0.25, 0.3) is 0 Å². The van der Waals surface area contributed by atoms with Crippen LogP contribution in [0.3, 0.4) is 0 Å². The lowest BCUT2D eigenvalue weighted by atomic mass is 10.2. The molecular weight excluding hydrogens is 202 g/mol. The molecule has 86 valence electrons. The number of pyridine rings is 1. The number of rotatable bonds is 5. The number of ether oxygens (including phenoxy) is 1. The number of anilines is 1. The first-order chi connectivity index (χ1) is 7.65. The Morgan fingerprint density at radius 2 is 2.31 bits per heavy atom. The predicted molar refractivity (Wildman–Crippen MR) is 63.3 cm³/mol. The molecule has 1 heterocycles. The highest BCUT2D eigenvalue weighted by atomic mass is 16.5. The maximum absolute atomic E-state index is 8.82. The zero-order valence-electron chi connectivity index (χ0n) is 9.95. The van der Waals surface area contributed by atoms with Gasteiger partial charge in [0, 0.05) is 18.8 Å². The minimum atomic E-state index is 0.137. The van der Waals surface area contributed by atoms with Crippen LogP contribution < -0.4 is 5.32 Å². The summed E-state index contributed by atoms with van der Waals surface area (Å²) in [4.78, 5) is 4.30. The van der Waals surface area contributed by atoms with Gasteiger partial charge in [-0.15, -0.1) is 0 Å². The molecule has 0 aliphatic heterocycles. The lowest BCUT2D eigenvalue weighted by Gasteiger charge is -2.13. The van der Waals surface area contributed by atoms with Gasteiger partial charge in [0.1, 0.15) is 5.82 Å². The molecule has 4 nitrogen and oxygen atoms in total. The Morgan fingerprint density at radius 1 is 1.56 bits per heavy atom. The largest absolute Gasteiger partial charge is 0.377 e. The third-order valence-electron chi connectivity index (χ3n) is 2.10. The van der Waals surface area contributed by atoms with Crippen molar-refractivity contribution in [2.75, 3.05) is 18.5 Å². The predicted octanol–water partition coefficient (Wildman–Crippen LogP) is 2.10. The van der Waals surface area contributed by atoms with Crippen molar-refractivity contribution in [3.05, 3.63) is 23.4 Å². The van der Waals surface area contributed by atoms with E-state index in [1.165, 1.54) is 0 Å².